The van der Waals surface area contributed by atoms with Crippen LogP contribution < -0.4 is 0 Å². The Balaban J connectivity index is 3.28. The first-order valence-electron chi connectivity index (χ1n) is 4.34. The van der Waals surface area contributed by atoms with Crippen LogP contribution >= 0.6 is 0 Å². The number of hydrogen-bond acceptors (Lipinski definition) is 5. The van der Waals surface area contributed by atoms with Crippen molar-refractivity contribution in [3.8, 4) is 6.07 Å². The van der Waals surface area contributed by atoms with Gasteiger partial charge in [-0.25, -0.2) is 9.59 Å². The standard InChI is InChI=1S/C11H9NO4/c1-15-10(13)7-3-4-8(6-12)9(5-7)11(14)16-2/h3-5H,1-2H3. The zero-order valence-electron chi connectivity index (χ0n) is 8.81. The molecule has 0 aliphatic rings. The maximum absolute atomic E-state index is 11.3. The Kier molecular flexibility index (Phi) is 3.62. The summed E-state index contributed by atoms with van der Waals surface area (Å²) in [5.41, 5.74) is 0.398. The van der Waals surface area contributed by atoms with Crippen LogP contribution in [0, 0.1) is 11.3 Å². The first-order chi connectivity index (χ1) is 7.63. The minimum absolute atomic E-state index is 0.0490. The van der Waals surface area contributed by atoms with Gasteiger partial charge in [-0.05, 0) is 18.2 Å². The van der Waals surface area contributed by atoms with Gasteiger partial charge in [-0.3, -0.25) is 0 Å². The number of methoxy groups -OCH3 is 2. The van der Waals surface area contributed by atoms with Crippen molar-refractivity contribution in [2.24, 2.45) is 0 Å². The van der Waals surface area contributed by atoms with Crippen LogP contribution in [0.3, 0.4) is 0 Å². The van der Waals surface area contributed by atoms with E-state index >= 15 is 0 Å². The van der Waals surface area contributed by atoms with Crippen molar-refractivity contribution in [2.75, 3.05) is 14.2 Å². The molecule has 0 fully saturated rings. The van der Waals surface area contributed by atoms with Crippen molar-refractivity contribution in [1.29, 1.82) is 5.26 Å². The first-order valence-corrected chi connectivity index (χ1v) is 4.34. The molecule has 0 heterocycles. The summed E-state index contributed by atoms with van der Waals surface area (Å²) in [6, 6.07) is 5.90. The molecule has 1 rings (SSSR count). The molecule has 0 aliphatic carbocycles. The molecule has 0 saturated heterocycles. The molecule has 0 unspecified atom stereocenters. The van der Waals surface area contributed by atoms with E-state index in [0.29, 0.717) is 0 Å². The lowest BCUT2D eigenvalue weighted by atomic mass is 10.0. The van der Waals surface area contributed by atoms with Gasteiger partial charge >= 0.3 is 11.9 Å². The fourth-order valence-corrected chi connectivity index (χ4v) is 1.17. The Labute approximate surface area is 92.2 Å². The van der Waals surface area contributed by atoms with Crippen molar-refractivity contribution in [3.63, 3.8) is 0 Å². The minimum atomic E-state index is -0.665. The summed E-state index contributed by atoms with van der Waals surface area (Å²) in [7, 11) is 2.44. The third-order valence-corrected chi connectivity index (χ3v) is 1.97. The molecule has 0 saturated carbocycles. The van der Waals surface area contributed by atoms with E-state index in [1.807, 2.05) is 6.07 Å². The molecule has 1 aromatic rings. The van der Waals surface area contributed by atoms with Crippen LogP contribution in [0.5, 0.6) is 0 Å². The van der Waals surface area contributed by atoms with Gasteiger partial charge in [-0.15, -0.1) is 0 Å². The Morgan fingerprint density at radius 3 is 2.31 bits per heavy atom. The lowest BCUT2D eigenvalue weighted by Crippen LogP contribution is -2.08. The quantitative estimate of drug-likeness (QED) is 0.697. The molecule has 5 nitrogen and oxygen atoms in total. The molecule has 0 aromatic heterocycles. The van der Waals surface area contributed by atoms with Gasteiger partial charge in [0.05, 0.1) is 30.9 Å². The van der Waals surface area contributed by atoms with Crippen LogP contribution in [0.25, 0.3) is 0 Å². The average Bonchev–Trinajstić information content (AvgIpc) is 2.35. The van der Waals surface area contributed by atoms with E-state index in [2.05, 4.69) is 9.47 Å². The number of carbonyl (C=O) groups is 2. The molecule has 0 amide bonds. The maximum atomic E-state index is 11.3. The van der Waals surface area contributed by atoms with Crippen LogP contribution in [0.4, 0.5) is 0 Å². The summed E-state index contributed by atoms with van der Waals surface area (Å²) < 4.78 is 9.01. The average molecular weight is 219 g/mol. The predicted molar refractivity (Wildman–Crippen MR) is 53.8 cm³/mol. The molecule has 0 aliphatic heterocycles. The minimum Gasteiger partial charge on any atom is -0.465 e. The third kappa shape index (κ3) is 2.17. The molecule has 0 N–H and O–H groups in total. The predicted octanol–water partition coefficient (Wildman–Crippen LogP) is 1.13. The zero-order chi connectivity index (χ0) is 12.1. The molecule has 5 heteroatoms. The molecule has 0 atom stereocenters. The van der Waals surface area contributed by atoms with Crippen molar-refractivity contribution in [3.05, 3.63) is 34.9 Å². The largest absolute Gasteiger partial charge is 0.465 e. The third-order valence-electron chi connectivity index (χ3n) is 1.97. The topological polar surface area (TPSA) is 76.4 Å². The summed E-state index contributed by atoms with van der Waals surface area (Å²) in [6.45, 7) is 0. The van der Waals surface area contributed by atoms with Crippen LogP contribution in [-0.2, 0) is 9.47 Å². The number of nitrogens with zero attached hydrogens (tertiary/aromatic N) is 1. The number of ether oxygens (including phenoxy) is 2. The second kappa shape index (κ2) is 4.94. The summed E-state index contributed by atoms with van der Waals surface area (Å²) >= 11 is 0. The Morgan fingerprint density at radius 2 is 1.81 bits per heavy atom. The molecule has 0 bridgehead atoms. The monoisotopic (exact) mass is 219 g/mol. The fourth-order valence-electron chi connectivity index (χ4n) is 1.17. The van der Waals surface area contributed by atoms with Crippen molar-refractivity contribution >= 4 is 11.9 Å². The van der Waals surface area contributed by atoms with E-state index in [0.717, 1.165) is 0 Å². The van der Waals surface area contributed by atoms with Gasteiger partial charge in [0.1, 0.15) is 6.07 Å². The first kappa shape index (κ1) is 11.7. The molecular formula is C11H9NO4. The molecule has 0 spiro atoms. The maximum Gasteiger partial charge on any atom is 0.339 e. The second-order valence-corrected chi connectivity index (χ2v) is 2.86. The highest BCUT2D eigenvalue weighted by Crippen LogP contribution is 2.13. The molecular weight excluding hydrogens is 210 g/mol. The molecule has 16 heavy (non-hydrogen) atoms. The Morgan fingerprint density at radius 1 is 1.19 bits per heavy atom. The smallest absolute Gasteiger partial charge is 0.339 e. The van der Waals surface area contributed by atoms with Gasteiger partial charge in [-0.2, -0.15) is 5.26 Å². The van der Waals surface area contributed by atoms with Crippen LogP contribution in [0.15, 0.2) is 18.2 Å². The van der Waals surface area contributed by atoms with Gasteiger partial charge in [0.15, 0.2) is 0 Å². The van der Waals surface area contributed by atoms with E-state index in [-0.39, 0.29) is 16.7 Å². The molecule has 0 radical (unpaired) electrons. The summed E-state index contributed by atoms with van der Waals surface area (Å²) in [6.07, 6.45) is 0. The summed E-state index contributed by atoms with van der Waals surface area (Å²) in [5.74, 6) is -1.24. The van der Waals surface area contributed by atoms with Gasteiger partial charge in [0.25, 0.3) is 0 Å². The zero-order valence-corrected chi connectivity index (χ0v) is 8.81. The van der Waals surface area contributed by atoms with Crippen LogP contribution in [0.1, 0.15) is 26.3 Å². The fraction of sp³-hybridized carbons (Fsp3) is 0.182. The summed E-state index contributed by atoms with van der Waals surface area (Å²) in [5, 5.41) is 8.78. The Hall–Kier alpha value is -2.35. The molecule has 1 aromatic carbocycles. The van der Waals surface area contributed by atoms with Gasteiger partial charge in [0, 0.05) is 0 Å². The lowest BCUT2D eigenvalue weighted by molar-refractivity contribution is 0.0599. The molecule has 82 valence electrons. The van der Waals surface area contributed by atoms with Crippen molar-refractivity contribution in [2.45, 2.75) is 0 Å². The van der Waals surface area contributed by atoms with E-state index < -0.39 is 11.9 Å². The lowest BCUT2D eigenvalue weighted by Gasteiger charge is -2.04. The van der Waals surface area contributed by atoms with Crippen molar-refractivity contribution < 1.29 is 19.1 Å². The van der Waals surface area contributed by atoms with E-state index in [1.165, 1.54) is 32.4 Å². The van der Waals surface area contributed by atoms with Gasteiger partial charge in [0.2, 0.25) is 0 Å². The van der Waals surface area contributed by atoms with Crippen LogP contribution in [0.2, 0.25) is 0 Å². The highest BCUT2D eigenvalue weighted by Gasteiger charge is 2.15. The highest BCUT2D eigenvalue weighted by molar-refractivity contribution is 5.97. The number of benzene rings is 1. The number of hydrogen-bond donors (Lipinski definition) is 0. The summed E-state index contributed by atoms with van der Waals surface area (Å²) in [4.78, 5) is 22.5. The van der Waals surface area contributed by atoms with E-state index in [1.54, 1.807) is 0 Å². The SMILES string of the molecule is COC(=O)c1ccc(C#N)c(C(=O)OC)c1. The number of carbonyl (C=O) groups excluding carboxylic acids is 2. The van der Waals surface area contributed by atoms with Gasteiger partial charge < -0.3 is 9.47 Å². The second-order valence-electron chi connectivity index (χ2n) is 2.86. The van der Waals surface area contributed by atoms with Crippen molar-refractivity contribution in [1.82, 2.24) is 0 Å². The number of rotatable bonds is 2. The van der Waals surface area contributed by atoms with Gasteiger partial charge in [-0.1, -0.05) is 0 Å². The number of esters is 2. The highest BCUT2D eigenvalue weighted by atomic mass is 16.5. The normalized spacial score (nSPS) is 9.06. The Bertz CT molecular complexity index is 473. The number of nitriles is 1. The van der Waals surface area contributed by atoms with Crippen LogP contribution in [-0.4, -0.2) is 26.2 Å². The van der Waals surface area contributed by atoms with E-state index in [9.17, 15) is 9.59 Å². The van der Waals surface area contributed by atoms with E-state index in [4.69, 9.17) is 5.26 Å².